The van der Waals surface area contributed by atoms with Gasteiger partial charge in [0, 0.05) is 24.2 Å². The fourth-order valence-corrected chi connectivity index (χ4v) is 4.41. The minimum atomic E-state index is 0.117. The summed E-state index contributed by atoms with van der Waals surface area (Å²) in [6.45, 7) is 2.93. The number of imidazole rings is 1. The lowest BCUT2D eigenvalue weighted by Gasteiger charge is -2.12. The van der Waals surface area contributed by atoms with Crippen LogP contribution in [0.4, 0.5) is 0 Å². The van der Waals surface area contributed by atoms with Crippen molar-refractivity contribution in [3.05, 3.63) is 48.4 Å². The Bertz CT molecular complexity index is 1420. The van der Waals surface area contributed by atoms with Crippen molar-refractivity contribution in [2.45, 2.75) is 31.5 Å². The maximum absolute atomic E-state index is 10.7. The van der Waals surface area contributed by atoms with Gasteiger partial charge in [-0.3, -0.25) is 4.57 Å². The fraction of sp³-hybridized carbons (Fsp3) is 0.227. The summed E-state index contributed by atoms with van der Waals surface area (Å²) in [5.74, 6) is 2.23. The molecule has 3 aromatic heterocycles. The van der Waals surface area contributed by atoms with Crippen molar-refractivity contribution in [1.29, 1.82) is 0 Å². The van der Waals surface area contributed by atoms with Gasteiger partial charge in [0.05, 0.1) is 27.8 Å². The molecule has 2 N–H and O–H groups in total. The molecule has 150 valence electrons. The van der Waals surface area contributed by atoms with E-state index in [4.69, 9.17) is 0 Å². The second-order valence-electron chi connectivity index (χ2n) is 7.99. The first-order valence-corrected chi connectivity index (χ1v) is 10.5. The van der Waals surface area contributed by atoms with Crippen LogP contribution in [0.2, 0.25) is 0 Å². The molecule has 5 aromatic rings. The number of aromatic hydroxyl groups is 1. The van der Waals surface area contributed by atoms with E-state index in [2.05, 4.69) is 55.7 Å². The molecule has 0 unspecified atom stereocenters. The number of thiol groups is 1. The lowest BCUT2D eigenvalue weighted by atomic mass is 10.1. The number of rotatable bonds is 4. The van der Waals surface area contributed by atoms with Crippen molar-refractivity contribution in [2.75, 3.05) is 0 Å². The zero-order valence-electron chi connectivity index (χ0n) is 16.4. The van der Waals surface area contributed by atoms with Gasteiger partial charge in [-0.1, -0.05) is 6.07 Å². The lowest BCUT2D eigenvalue weighted by Crippen LogP contribution is -2.01. The van der Waals surface area contributed by atoms with E-state index in [1.165, 1.54) is 18.4 Å². The number of aromatic nitrogens is 6. The first-order chi connectivity index (χ1) is 14.6. The van der Waals surface area contributed by atoms with E-state index in [0.717, 1.165) is 40.4 Å². The van der Waals surface area contributed by atoms with Gasteiger partial charge in [0.25, 0.3) is 0 Å². The Labute approximate surface area is 177 Å². The predicted octanol–water partition coefficient (Wildman–Crippen LogP) is 4.48. The van der Waals surface area contributed by atoms with Crippen LogP contribution < -0.4 is 0 Å². The van der Waals surface area contributed by atoms with E-state index in [9.17, 15) is 5.11 Å². The molecule has 1 fully saturated rings. The SMILES string of the molecule is Cc1nc2cc(-c3nnc(S)n3-c3cccc4c3ccn4CC3CC3)c(O)cc2[nH]1. The van der Waals surface area contributed by atoms with E-state index < -0.39 is 0 Å². The summed E-state index contributed by atoms with van der Waals surface area (Å²) in [4.78, 5) is 7.64. The minimum Gasteiger partial charge on any atom is -0.507 e. The average molecular weight is 417 g/mol. The summed E-state index contributed by atoms with van der Waals surface area (Å²) in [5.41, 5.74) is 4.23. The third kappa shape index (κ3) is 2.71. The Morgan fingerprint density at radius 2 is 2.07 bits per heavy atom. The molecule has 1 saturated carbocycles. The number of hydrogen-bond acceptors (Lipinski definition) is 5. The molecule has 1 aliphatic rings. The number of phenolic OH excluding ortho intramolecular Hbond substituents is 1. The number of benzene rings is 2. The minimum absolute atomic E-state index is 0.117. The Morgan fingerprint density at radius 1 is 1.20 bits per heavy atom. The third-order valence-electron chi connectivity index (χ3n) is 5.79. The van der Waals surface area contributed by atoms with Gasteiger partial charge in [-0.2, -0.15) is 0 Å². The van der Waals surface area contributed by atoms with E-state index in [-0.39, 0.29) is 5.75 Å². The summed E-state index contributed by atoms with van der Waals surface area (Å²) in [6, 6.07) is 11.8. The first-order valence-electron chi connectivity index (χ1n) is 10.0. The van der Waals surface area contributed by atoms with Crippen molar-refractivity contribution in [3.8, 4) is 22.8 Å². The smallest absolute Gasteiger partial charge is 0.193 e. The number of nitrogens with zero attached hydrogens (tertiary/aromatic N) is 5. The first kappa shape index (κ1) is 17.6. The molecule has 0 radical (unpaired) electrons. The zero-order valence-corrected chi connectivity index (χ0v) is 17.3. The number of H-pyrrole nitrogens is 1. The highest BCUT2D eigenvalue weighted by atomic mass is 32.1. The highest BCUT2D eigenvalue weighted by molar-refractivity contribution is 7.80. The summed E-state index contributed by atoms with van der Waals surface area (Å²) in [5, 5.41) is 20.8. The summed E-state index contributed by atoms with van der Waals surface area (Å²) in [6.07, 6.45) is 4.76. The monoisotopic (exact) mass is 416 g/mol. The van der Waals surface area contributed by atoms with Crippen LogP contribution >= 0.6 is 12.6 Å². The van der Waals surface area contributed by atoms with Crippen LogP contribution in [0.15, 0.2) is 47.8 Å². The number of aryl methyl sites for hydroxylation is 1. The van der Waals surface area contributed by atoms with Crippen molar-refractivity contribution < 1.29 is 5.11 Å². The van der Waals surface area contributed by atoms with Crippen LogP contribution in [0, 0.1) is 12.8 Å². The lowest BCUT2D eigenvalue weighted by molar-refractivity contribution is 0.477. The van der Waals surface area contributed by atoms with Gasteiger partial charge in [-0.05, 0) is 49.9 Å². The Morgan fingerprint density at radius 3 is 2.90 bits per heavy atom. The Kier molecular flexibility index (Phi) is 3.73. The molecular formula is C22H20N6OS. The highest BCUT2D eigenvalue weighted by Crippen LogP contribution is 2.37. The van der Waals surface area contributed by atoms with Crippen molar-refractivity contribution >= 4 is 34.6 Å². The zero-order chi connectivity index (χ0) is 20.4. The van der Waals surface area contributed by atoms with Gasteiger partial charge >= 0.3 is 0 Å². The van der Waals surface area contributed by atoms with E-state index in [0.29, 0.717) is 16.5 Å². The molecule has 30 heavy (non-hydrogen) atoms. The molecule has 0 atom stereocenters. The van der Waals surface area contributed by atoms with Gasteiger partial charge in [0.2, 0.25) is 0 Å². The summed E-state index contributed by atoms with van der Waals surface area (Å²) in [7, 11) is 0. The third-order valence-corrected chi connectivity index (χ3v) is 6.08. The van der Waals surface area contributed by atoms with Crippen LogP contribution in [0.5, 0.6) is 5.75 Å². The van der Waals surface area contributed by atoms with Crippen LogP contribution in [0.3, 0.4) is 0 Å². The normalized spacial score (nSPS) is 14.2. The molecule has 0 amide bonds. The highest BCUT2D eigenvalue weighted by Gasteiger charge is 2.23. The quantitative estimate of drug-likeness (QED) is 0.377. The summed E-state index contributed by atoms with van der Waals surface area (Å²) >= 11 is 4.57. The second-order valence-corrected chi connectivity index (χ2v) is 8.39. The standard InChI is InChI=1S/C22H20N6OS/c1-12-23-16-9-15(20(29)10-17(16)24-12)21-25-26-22(30)28(21)19-4-2-3-18-14(19)7-8-27(18)11-13-5-6-13/h2-4,7-10,13,29H,5-6,11H2,1H3,(H,23,24)(H,26,30). The van der Waals surface area contributed by atoms with Gasteiger partial charge < -0.3 is 14.7 Å². The van der Waals surface area contributed by atoms with Gasteiger partial charge in [0.1, 0.15) is 11.6 Å². The number of aromatic amines is 1. The average Bonchev–Trinajstić information content (AvgIpc) is 3.14. The molecular weight excluding hydrogens is 396 g/mol. The van der Waals surface area contributed by atoms with Crippen LogP contribution in [0.25, 0.3) is 39.0 Å². The molecule has 0 saturated heterocycles. The summed E-state index contributed by atoms with van der Waals surface area (Å²) < 4.78 is 4.20. The van der Waals surface area contributed by atoms with Crippen LogP contribution in [-0.4, -0.2) is 34.4 Å². The second kappa shape index (κ2) is 6.37. The van der Waals surface area contributed by atoms with E-state index >= 15 is 0 Å². The molecule has 0 bridgehead atoms. The number of hydrogen-bond donors (Lipinski definition) is 3. The number of nitrogens with one attached hydrogen (secondary N) is 1. The maximum Gasteiger partial charge on any atom is 0.193 e. The topological polar surface area (TPSA) is 84.6 Å². The van der Waals surface area contributed by atoms with Crippen LogP contribution in [-0.2, 0) is 6.54 Å². The fourth-order valence-electron chi connectivity index (χ4n) is 4.16. The molecule has 0 aliphatic heterocycles. The van der Waals surface area contributed by atoms with Gasteiger partial charge in [0.15, 0.2) is 11.0 Å². The van der Waals surface area contributed by atoms with E-state index in [1.807, 2.05) is 29.7 Å². The molecule has 3 heterocycles. The molecule has 8 heteroatoms. The van der Waals surface area contributed by atoms with Gasteiger partial charge in [-0.15, -0.1) is 22.8 Å². The maximum atomic E-state index is 10.7. The molecule has 7 nitrogen and oxygen atoms in total. The van der Waals surface area contributed by atoms with Crippen LogP contribution in [0.1, 0.15) is 18.7 Å². The molecule has 2 aromatic carbocycles. The largest absolute Gasteiger partial charge is 0.507 e. The number of phenols is 1. The van der Waals surface area contributed by atoms with Crippen molar-refractivity contribution in [3.63, 3.8) is 0 Å². The molecule has 1 aliphatic carbocycles. The molecule has 0 spiro atoms. The Hall–Kier alpha value is -3.26. The van der Waals surface area contributed by atoms with Crippen molar-refractivity contribution in [1.82, 2.24) is 29.3 Å². The number of fused-ring (bicyclic) bond motifs is 2. The molecule has 6 rings (SSSR count). The predicted molar refractivity (Wildman–Crippen MR) is 118 cm³/mol. The van der Waals surface area contributed by atoms with Gasteiger partial charge in [-0.25, -0.2) is 4.98 Å². The Balaban J connectivity index is 1.55. The van der Waals surface area contributed by atoms with E-state index in [1.54, 1.807) is 6.07 Å². The van der Waals surface area contributed by atoms with Crippen molar-refractivity contribution in [2.24, 2.45) is 5.92 Å².